The number of para-hydroxylation sites is 1. The minimum Gasteiger partial charge on any atom is -0.486 e. The second-order valence-electron chi connectivity index (χ2n) is 10.4. The Bertz CT molecular complexity index is 1140. The number of aliphatic hydroxyl groups is 1. The zero-order valence-electron chi connectivity index (χ0n) is 22.9. The van der Waals surface area contributed by atoms with Crippen LogP contribution in [0.2, 0.25) is 0 Å². The van der Waals surface area contributed by atoms with E-state index in [9.17, 15) is 27.9 Å². The molecule has 3 N–H and O–H groups in total. The van der Waals surface area contributed by atoms with Crippen molar-refractivity contribution in [1.82, 2.24) is 15.1 Å². The van der Waals surface area contributed by atoms with Crippen LogP contribution in [0, 0.1) is 5.92 Å². The molecule has 3 atom stereocenters. The van der Waals surface area contributed by atoms with Gasteiger partial charge in [-0.15, -0.1) is 0 Å². The van der Waals surface area contributed by atoms with Gasteiger partial charge in [-0.25, -0.2) is 4.79 Å². The van der Waals surface area contributed by atoms with Gasteiger partial charge in [0.1, 0.15) is 6.10 Å². The number of alkyl halides is 3. The Morgan fingerprint density at radius 2 is 1.85 bits per heavy atom. The zero-order valence-corrected chi connectivity index (χ0v) is 22.9. The van der Waals surface area contributed by atoms with Crippen molar-refractivity contribution in [3.8, 4) is 5.75 Å². The topological polar surface area (TPSA) is 94.1 Å². The highest BCUT2D eigenvalue weighted by Gasteiger charge is 2.35. The number of hydrogen-bond acceptors (Lipinski definition) is 5. The van der Waals surface area contributed by atoms with E-state index >= 15 is 0 Å². The fraction of sp³-hybridized carbons (Fsp3) is 0.500. The number of amides is 3. The summed E-state index contributed by atoms with van der Waals surface area (Å²) in [6, 6.07) is 8.97. The molecule has 0 radical (unpaired) electrons. The van der Waals surface area contributed by atoms with Crippen molar-refractivity contribution < 1.29 is 32.6 Å². The number of nitrogens with one attached hydrogen (secondary N) is 2. The first-order valence-electron chi connectivity index (χ1n) is 12.9. The number of aliphatic hydroxyl groups excluding tert-OH is 1. The van der Waals surface area contributed by atoms with E-state index in [1.54, 1.807) is 30.0 Å². The van der Waals surface area contributed by atoms with E-state index < -0.39 is 29.9 Å². The maximum absolute atomic E-state index is 13.5. The molecule has 0 saturated heterocycles. The first kappa shape index (κ1) is 30.2. The minimum absolute atomic E-state index is 0.106. The molecule has 2 aromatic carbocycles. The van der Waals surface area contributed by atoms with Crippen molar-refractivity contribution >= 4 is 17.6 Å². The lowest BCUT2D eigenvalue weighted by atomic mass is 9.98. The highest BCUT2D eigenvalue weighted by molar-refractivity contribution is 6.01. The summed E-state index contributed by atoms with van der Waals surface area (Å²) in [7, 11) is 1.84. The highest BCUT2D eigenvalue weighted by Crippen LogP contribution is 2.35. The molecule has 0 aliphatic carbocycles. The van der Waals surface area contributed by atoms with Crippen LogP contribution in [0.4, 0.5) is 23.7 Å². The molecule has 214 valence electrons. The van der Waals surface area contributed by atoms with Gasteiger partial charge in [-0.3, -0.25) is 9.69 Å². The Labute approximate surface area is 227 Å². The summed E-state index contributed by atoms with van der Waals surface area (Å²) in [5.74, 6) is -0.261. The van der Waals surface area contributed by atoms with Crippen molar-refractivity contribution in [2.75, 3.05) is 32.1 Å². The van der Waals surface area contributed by atoms with Gasteiger partial charge in [-0.1, -0.05) is 25.1 Å². The van der Waals surface area contributed by atoms with Crippen LogP contribution in [0.1, 0.15) is 49.2 Å². The summed E-state index contributed by atoms with van der Waals surface area (Å²) in [4.78, 5) is 29.6. The number of halogens is 3. The molecule has 0 unspecified atom stereocenters. The van der Waals surface area contributed by atoms with Crippen molar-refractivity contribution in [2.45, 2.75) is 58.6 Å². The van der Waals surface area contributed by atoms with Crippen molar-refractivity contribution in [3.63, 3.8) is 0 Å². The Morgan fingerprint density at radius 3 is 2.44 bits per heavy atom. The molecule has 0 aromatic heterocycles. The molecule has 0 fully saturated rings. The van der Waals surface area contributed by atoms with Gasteiger partial charge in [0, 0.05) is 31.6 Å². The normalized spacial score (nSPS) is 18.7. The molecule has 0 spiro atoms. The third kappa shape index (κ3) is 7.86. The lowest BCUT2D eigenvalue weighted by Gasteiger charge is -2.38. The maximum Gasteiger partial charge on any atom is 0.416 e. The maximum atomic E-state index is 13.5. The molecule has 3 rings (SSSR count). The van der Waals surface area contributed by atoms with Crippen LogP contribution in [0.15, 0.2) is 42.5 Å². The number of urea groups is 1. The second-order valence-corrected chi connectivity index (χ2v) is 10.4. The second kappa shape index (κ2) is 12.7. The average molecular weight is 551 g/mol. The van der Waals surface area contributed by atoms with Crippen LogP contribution in [0.25, 0.3) is 0 Å². The van der Waals surface area contributed by atoms with Gasteiger partial charge < -0.3 is 25.4 Å². The van der Waals surface area contributed by atoms with Crippen LogP contribution >= 0.6 is 0 Å². The third-order valence-electron chi connectivity index (χ3n) is 6.58. The van der Waals surface area contributed by atoms with E-state index in [1.807, 2.05) is 32.7 Å². The van der Waals surface area contributed by atoms with E-state index in [0.717, 1.165) is 12.1 Å². The molecule has 11 heteroatoms. The molecule has 0 saturated carbocycles. The average Bonchev–Trinajstić information content (AvgIpc) is 2.85. The van der Waals surface area contributed by atoms with E-state index in [2.05, 4.69) is 10.6 Å². The summed E-state index contributed by atoms with van der Waals surface area (Å²) < 4.78 is 45.3. The molecule has 2 aromatic rings. The number of anilines is 1. The number of carbonyl (C=O) groups is 2. The molecule has 1 aliphatic rings. The minimum atomic E-state index is -4.40. The fourth-order valence-corrected chi connectivity index (χ4v) is 4.46. The Kier molecular flexibility index (Phi) is 9.84. The molecular formula is C28H37F3N4O4. The Hall–Kier alpha value is -3.31. The molecule has 1 heterocycles. The van der Waals surface area contributed by atoms with Crippen LogP contribution in [-0.4, -0.2) is 71.8 Å². The SMILES string of the molecule is CC(C)NC(=O)Nc1cccc2c1O[C@H](CN(C)Cc1ccc(C(F)(F)F)cc1)[C@@H](C)CN([C@H](C)CO)C2=O. The van der Waals surface area contributed by atoms with Crippen LogP contribution < -0.4 is 15.4 Å². The summed E-state index contributed by atoms with van der Waals surface area (Å²) >= 11 is 0. The first-order valence-corrected chi connectivity index (χ1v) is 12.9. The van der Waals surface area contributed by atoms with Crippen LogP contribution in [0.3, 0.4) is 0 Å². The predicted molar refractivity (Wildman–Crippen MR) is 143 cm³/mol. The molecular weight excluding hydrogens is 513 g/mol. The number of hydrogen-bond donors (Lipinski definition) is 3. The van der Waals surface area contributed by atoms with Crippen LogP contribution in [-0.2, 0) is 12.7 Å². The lowest BCUT2D eigenvalue weighted by molar-refractivity contribution is -0.137. The number of likely N-dealkylation sites (N-methyl/N-ethyl adjacent to an activating group) is 1. The summed E-state index contributed by atoms with van der Waals surface area (Å²) in [6.07, 6.45) is -4.84. The largest absolute Gasteiger partial charge is 0.486 e. The van der Waals surface area contributed by atoms with Crippen molar-refractivity contribution in [1.29, 1.82) is 0 Å². The van der Waals surface area contributed by atoms with Crippen molar-refractivity contribution in [2.24, 2.45) is 5.92 Å². The van der Waals surface area contributed by atoms with E-state index in [4.69, 9.17) is 4.74 Å². The summed E-state index contributed by atoms with van der Waals surface area (Å²) in [6.45, 7) is 8.23. The van der Waals surface area contributed by atoms with Gasteiger partial charge in [0.15, 0.2) is 5.75 Å². The molecule has 3 amide bonds. The predicted octanol–water partition coefficient (Wildman–Crippen LogP) is 4.59. The number of ether oxygens (including phenoxy) is 1. The number of carbonyl (C=O) groups excluding carboxylic acids is 2. The smallest absolute Gasteiger partial charge is 0.416 e. The molecule has 0 bridgehead atoms. The van der Waals surface area contributed by atoms with Gasteiger partial charge >= 0.3 is 12.2 Å². The van der Waals surface area contributed by atoms with Gasteiger partial charge in [0.25, 0.3) is 5.91 Å². The van der Waals surface area contributed by atoms with E-state index in [-0.39, 0.29) is 35.8 Å². The Morgan fingerprint density at radius 1 is 1.18 bits per heavy atom. The van der Waals surface area contributed by atoms with Crippen LogP contribution in [0.5, 0.6) is 5.75 Å². The lowest BCUT2D eigenvalue weighted by Crippen LogP contribution is -2.49. The van der Waals surface area contributed by atoms with Crippen molar-refractivity contribution in [3.05, 3.63) is 59.2 Å². The standard InChI is InChI=1S/C28H37F3N4O4/c1-17(2)32-27(38)33-23-8-6-7-22-25(23)39-24(18(3)13-35(26(22)37)19(4)16-36)15-34(5)14-20-9-11-21(12-10-20)28(29,30)31/h6-12,17-19,24,36H,13-16H2,1-5H3,(H2,32,33,38)/t18-,19+,24+/m0/s1. The van der Waals surface area contributed by atoms with Gasteiger partial charge in [-0.2, -0.15) is 13.2 Å². The Balaban J connectivity index is 1.90. The first-order chi connectivity index (χ1) is 18.3. The highest BCUT2D eigenvalue weighted by atomic mass is 19.4. The number of fused-ring (bicyclic) bond motifs is 1. The van der Waals surface area contributed by atoms with Gasteiger partial charge in [0.2, 0.25) is 0 Å². The molecule has 39 heavy (non-hydrogen) atoms. The summed E-state index contributed by atoms with van der Waals surface area (Å²) in [5, 5.41) is 15.4. The third-order valence-corrected chi connectivity index (χ3v) is 6.58. The number of nitrogens with zero attached hydrogens (tertiary/aromatic N) is 2. The fourth-order valence-electron chi connectivity index (χ4n) is 4.46. The van der Waals surface area contributed by atoms with E-state index in [0.29, 0.717) is 30.9 Å². The van der Waals surface area contributed by atoms with E-state index in [1.165, 1.54) is 12.1 Å². The number of rotatable bonds is 8. The van der Waals surface area contributed by atoms with Gasteiger partial charge in [-0.05, 0) is 57.6 Å². The molecule has 8 nitrogen and oxygen atoms in total. The quantitative estimate of drug-likeness (QED) is 0.447. The molecule has 1 aliphatic heterocycles. The zero-order chi connectivity index (χ0) is 28.9. The van der Waals surface area contributed by atoms with Gasteiger partial charge in [0.05, 0.1) is 29.5 Å². The summed E-state index contributed by atoms with van der Waals surface area (Å²) in [5.41, 5.74) is 0.606. The monoisotopic (exact) mass is 550 g/mol. The number of benzene rings is 2.